The minimum absolute atomic E-state index is 0.364. The molecular formula is C12H10F5NO2S. The van der Waals surface area contributed by atoms with Gasteiger partial charge in [0.05, 0.1) is 0 Å². The Hall–Kier alpha value is -1.51. The van der Waals surface area contributed by atoms with Crippen molar-refractivity contribution >= 4 is 16.8 Å². The molecule has 0 unspecified atom stereocenters. The van der Waals surface area contributed by atoms with Crippen molar-refractivity contribution in [3.8, 4) is 5.75 Å². The first-order valence-electron chi connectivity index (χ1n) is 5.75. The summed E-state index contributed by atoms with van der Waals surface area (Å²) in [4.78, 5) is 5.05. The van der Waals surface area contributed by atoms with Crippen molar-refractivity contribution in [3.05, 3.63) is 29.1 Å². The largest absolute Gasteiger partial charge is 0.476 e. The van der Waals surface area contributed by atoms with Crippen molar-refractivity contribution in [1.82, 2.24) is 0 Å². The third kappa shape index (κ3) is 3.22. The SMILES string of the molecule is CC1(C)CC(SCOc2c(F)c(F)c(F)c(F)c2F)=NO1. The fraction of sp³-hybridized carbons (Fsp3) is 0.417. The van der Waals surface area contributed by atoms with Crippen molar-refractivity contribution in [3.63, 3.8) is 0 Å². The zero-order valence-electron chi connectivity index (χ0n) is 11.0. The molecule has 21 heavy (non-hydrogen) atoms. The first-order chi connectivity index (χ1) is 9.73. The van der Waals surface area contributed by atoms with Crippen LogP contribution in [0.4, 0.5) is 22.0 Å². The molecule has 0 aliphatic carbocycles. The van der Waals surface area contributed by atoms with Crippen LogP contribution in [0.25, 0.3) is 0 Å². The maximum atomic E-state index is 13.3. The lowest BCUT2D eigenvalue weighted by molar-refractivity contribution is 0.0123. The summed E-state index contributed by atoms with van der Waals surface area (Å²) in [6.45, 7) is 3.57. The van der Waals surface area contributed by atoms with E-state index in [2.05, 4.69) is 9.89 Å². The monoisotopic (exact) mass is 327 g/mol. The molecule has 1 aliphatic rings. The maximum absolute atomic E-state index is 13.3. The Morgan fingerprint density at radius 1 is 1.05 bits per heavy atom. The van der Waals surface area contributed by atoms with Crippen LogP contribution in [0.1, 0.15) is 20.3 Å². The van der Waals surface area contributed by atoms with E-state index < -0.39 is 40.4 Å². The zero-order valence-corrected chi connectivity index (χ0v) is 11.8. The van der Waals surface area contributed by atoms with Crippen LogP contribution in [-0.2, 0) is 4.84 Å². The first-order valence-corrected chi connectivity index (χ1v) is 6.73. The van der Waals surface area contributed by atoms with Crippen LogP contribution in [0.3, 0.4) is 0 Å². The Morgan fingerprint density at radius 2 is 1.57 bits per heavy atom. The normalized spacial score (nSPS) is 16.6. The number of oxime groups is 1. The first kappa shape index (κ1) is 15.9. The molecule has 0 amide bonds. The lowest BCUT2D eigenvalue weighted by atomic mass is 10.1. The highest BCUT2D eigenvalue weighted by atomic mass is 32.2. The predicted octanol–water partition coefficient (Wildman–Crippen LogP) is 3.96. The van der Waals surface area contributed by atoms with Gasteiger partial charge in [0.1, 0.15) is 16.6 Å². The van der Waals surface area contributed by atoms with E-state index in [1.165, 1.54) is 0 Å². The van der Waals surface area contributed by atoms with E-state index in [0.717, 1.165) is 11.8 Å². The Morgan fingerprint density at radius 3 is 2.05 bits per heavy atom. The zero-order chi connectivity index (χ0) is 15.8. The van der Waals surface area contributed by atoms with Gasteiger partial charge >= 0.3 is 0 Å². The quantitative estimate of drug-likeness (QED) is 0.364. The van der Waals surface area contributed by atoms with Crippen LogP contribution in [0.15, 0.2) is 5.16 Å². The summed E-state index contributed by atoms with van der Waals surface area (Å²) in [5, 5.41) is 4.22. The summed E-state index contributed by atoms with van der Waals surface area (Å²) in [6.07, 6.45) is 0.456. The van der Waals surface area contributed by atoms with Crippen LogP contribution in [0.2, 0.25) is 0 Å². The minimum Gasteiger partial charge on any atom is -0.476 e. The lowest BCUT2D eigenvalue weighted by Gasteiger charge is -2.13. The number of hydrogen-bond donors (Lipinski definition) is 0. The van der Waals surface area contributed by atoms with E-state index in [4.69, 9.17) is 4.84 Å². The highest BCUT2D eigenvalue weighted by Crippen LogP contribution is 2.31. The van der Waals surface area contributed by atoms with Gasteiger partial charge < -0.3 is 9.57 Å². The van der Waals surface area contributed by atoms with Crippen molar-refractivity contribution < 1.29 is 31.5 Å². The number of ether oxygens (including phenoxy) is 1. The summed E-state index contributed by atoms with van der Waals surface area (Å²) in [5.41, 5.74) is -0.493. The molecule has 1 aliphatic heterocycles. The van der Waals surface area contributed by atoms with E-state index in [1.54, 1.807) is 13.8 Å². The second-order valence-corrected chi connectivity index (χ2v) is 5.81. The van der Waals surface area contributed by atoms with Gasteiger partial charge in [0.2, 0.25) is 29.1 Å². The summed E-state index contributed by atoms with van der Waals surface area (Å²) >= 11 is 0.945. The van der Waals surface area contributed by atoms with E-state index in [9.17, 15) is 22.0 Å². The molecule has 0 bridgehead atoms. The Balaban J connectivity index is 2.05. The molecular weight excluding hydrogens is 317 g/mol. The molecule has 0 saturated carbocycles. The van der Waals surface area contributed by atoms with Gasteiger partial charge in [-0.2, -0.15) is 8.78 Å². The molecule has 0 N–H and O–H groups in total. The average Bonchev–Trinajstić information content (AvgIpc) is 2.77. The molecule has 9 heteroatoms. The van der Waals surface area contributed by atoms with Crippen LogP contribution >= 0.6 is 11.8 Å². The van der Waals surface area contributed by atoms with Crippen molar-refractivity contribution in [2.75, 3.05) is 5.94 Å². The molecule has 1 aromatic rings. The molecule has 0 aromatic heterocycles. The van der Waals surface area contributed by atoms with Gasteiger partial charge in [-0.05, 0) is 13.8 Å². The highest BCUT2D eigenvalue weighted by Gasteiger charge is 2.30. The predicted molar refractivity (Wildman–Crippen MR) is 66.5 cm³/mol. The Labute approximate surface area is 121 Å². The molecule has 0 atom stereocenters. The van der Waals surface area contributed by atoms with Gasteiger partial charge in [0, 0.05) is 6.42 Å². The van der Waals surface area contributed by atoms with Crippen LogP contribution in [-0.4, -0.2) is 16.6 Å². The highest BCUT2D eigenvalue weighted by molar-refractivity contribution is 8.13. The summed E-state index contributed by atoms with van der Waals surface area (Å²) in [5.74, 6) is -12.0. The lowest BCUT2D eigenvalue weighted by Crippen LogP contribution is -2.18. The van der Waals surface area contributed by atoms with Gasteiger partial charge in [-0.25, -0.2) is 13.2 Å². The maximum Gasteiger partial charge on any atom is 0.207 e. The molecule has 1 aromatic carbocycles. The molecule has 3 nitrogen and oxygen atoms in total. The van der Waals surface area contributed by atoms with Crippen molar-refractivity contribution in [2.24, 2.45) is 5.16 Å². The van der Waals surface area contributed by atoms with Gasteiger partial charge in [0.15, 0.2) is 5.75 Å². The Bertz CT molecular complexity index is 577. The van der Waals surface area contributed by atoms with E-state index >= 15 is 0 Å². The topological polar surface area (TPSA) is 30.8 Å². The van der Waals surface area contributed by atoms with E-state index in [-0.39, 0.29) is 5.94 Å². The molecule has 1 heterocycles. The fourth-order valence-electron chi connectivity index (χ4n) is 1.55. The molecule has 0 saturated heterocycles. The fourth-order valence-corrected chi connectivity index (χ4v) is 2.40. The van der Waals surface area contributed by atoms with Crippen molar-refractivity contribution in [1.29, 1.82) is 0 Å². The molecule has 0 radical (unpaired) electrons. The van der Waals surface area contributed by atoms with Gasteiger partial charge in [0.25, 0.3) is 0 Å². The van der Waals surface area contributed by atoms with Gasteiger partial charge in [-0.3, -0.25) is 0 Å². The van der Waals surface area contributed by atoms with Crippen LogP contribution in [0, 0.1) is 29.1 Å². The molecule has 0 spiro atoms. The molecule has 2 rings (SSSR count). The average molecular weight is 327 g/mol. The standard InChI is InChI=1S/C12H10F5NO2S/c1-12(2)3-5(18-20-12)21-4-19-11-9(16)7(14)6(13)8(15)10(11)17/h3-4H2,1-2H3. The number of benzene rings is 1. The van der Waals surface area contributed by atoms with E-state index in [0.29, 0.717) is 11.5 Å². The van der Waals surface area contributed by atoms with Gasteiger partial charge in [-0.15, -0.1) is 0 Å². The third-order valence-corrected chi connectivity index (χ3v) is 3.36. The van der Waals surface area contributed by atoms with Crippen LogP contribution < -0.4 is 4.74 Å². The summed E-state index contributed by atoms with van der Waals surface area (Å²) in [6, 6.07) is 0. The second kappa shape index (κ2) is 5.70. The number of halogens is 5. The second-order valence-electron chi connectivity index (χ2n) is 4.82. The smallest absolute Gasteiger partial charge is 0.207 e. The van der Waals surface area contributed by atoms with E-state index in [1.807, 2.05) is 0 Å². The van der Waals surface area contributed by atoms with Crippen molar-refractivity contribution in [2.45, 2.75) is 25.9 Å². The number of rotatable bonds is 3. The van der Waals surface area contributed by atoms with Crippen LogP contribution in [0.5, 0.6) is 5.75 Å². The Kier molecular flexibility index (Phi) is 4.31. The molecule has 0 fully saturated rings. The third-order valence-electron chi connectivity index (χ3n) is 2.57. The number of thioether (sulfide) groups is 1. The molecule has 116 valence electrons. The number of nitrogens with zero attached hydrogens (tertiary/aromatic N) is 1. The minimum atomic E-state index is -2.22. The summed E-state index contributed by atoms with van der Waals surface area (Å²) in [7, 11) is 0. The summed E-state index contributed by atoms with van der Waals surface area (Å²) < 4.78 is 70.0. The number of hydrogen-bond acceptors (Lipinski definition) is 4. The van der Waals surface area contributed by atoms with Gasteiger partial charge in [-0.1, -0.05) is 16.9 Å².